The van der Waals surface area contributed by atoms with E-state index in [0.29, 0.717) is 10.5 Å². The summed E-state index contributed by atoms with van der Waals surface area (Å²) in [4.78, 5) is -0.876. The van der Waals surface area contributed by atoms with E-state index >= 15 is 0 Å². The maximum atomic E-state index is 13.6. The van der Waals surface area contributed by atoms with E-state index in [-0.39, 0.29) is 4.90 Å². The average Bonchev–Trinajstić information content (AvgIpc) is 2.47. The molecular formula is C15H8BrF2NO2S. The lowest BCUT2D eigenvalue weighted by atomic mass is 10.2. The Hall–Kier alpha value is -2.04. The van der Waals surface area contributed by atoms with Crippen LogP contribution in [0.5, 0.6) is 0 Å². The largest absolute Gasteiger partial charge is 0.218 e. The zero-order valence-electron chi connectivity index (χ0n) is 10.9. The first-order chi connectivity index (χ1) is 10.4. The fourth-order valence-corrected chi connectivity index (χ4v) is 3.10. The summed E-state index contributed by atoms with van der Waals surface area (Å²) in [6, 6.07) is 10.2. The number of allylic oxidation sites excluding steroid dienone is 1. The Bertz CT molecular complexity index is 864. The van der Waals surface area contributed by atoms with E-state index < -0.39 is 31.9 Å². The number of sulfone groups is 1. The highest BCUT2D eigenvalue weighted by Gasteiger charge is 2.22. The van der Waals surface area contributed by atoms with Crippen LogP contribution >= 0.6 is 15.9 Å². The normalized spacial score (nSPS) is 12.0. The van der Waals surface area contributed by atoms with Gasteiger partial charge in [-0.05, 0) is 42.5 Å². The van der Waals surface area contributed by atoms with Crippen LogP contribution in [0.25, 0.3) is 6.08 Å². The van der Waals surface area contributed by atoms with Gasteiger partial charge in [0.25, 0.3) is 0 Å². The van der Waals surface area contributed by atoms with Crippen molar-refractivity contribution in [2.75, 3.05) is 0 Å². The van der Waals surface area contributed by atoms with E-state index in [1.807, 2.05) is 0 Å². The van der Waals surface area contributed by atoms with Crippen molar-refractivity contribution in [3.63, 3.8) is 0 Å². The molecule has 0 saturated heterocycles. The average molecular weight is 384 g/mol. The summed E-state index contributed by atoms with van der Waals surface area (Å²) in [6.45, 7) is 0. The van der Waals surface area contributed by atoms with Gasteiger partial charge in [-0.15, -0.1) is 0 Å². The molecule has 2 aromatic carbocycles. The fourth-order valence-electron chi connectivity index (χ4n) is 1.69. The quantitative estimate of drug-likeness (QED) is 0.750. The molecule has 0 aromatic heterocycles. The lowest BCUT2D eigenvalue weighted by Crippen LogP contribution is -2.04. The number of nitrogens with zero attached hydrogens (tertiary/aromatic N) is 1. The molecule has 3 nitrogen and oxygen atoms in total. The molecule has 0 aliphatic heterocycles. The molecule has 0 heterocycles. The van der Waals surface area contributed by atoms with Crippen LogP contribution < -0.4 is 0 Å². The fraction of sp³-hybridized carbons (Fsp3) is 0. The molecule has 0 spiro atoms. The molecule has 0 unspecified atom stereocenters. The van der Waals surface area contributed by atoms with Gasteiger partial charge in [-0.3, -0.25) is 0 Å². The highest BCUT2D eigenvalue weighted by Crippen LogP contribution is 2.24. The predicted molar refractivity (Wildman–Crippen MR) is 81.3 cm³/mol. The molecular weight excluding hydrogens is 376 g/mol. The van der Waals surface area contributed by atoms with E-state index in [0.717, 1.165) is 18.2 Å². The third-order valence-corrected chi connectivity index (χ3v) is 5.01. The van der Waals surface area contributed by atoms with Crippen LogP contribution in [-0.4, -0.2) is 8.42 Å². The number of hydrogen-bond donors (Lipinski definition) is 0. The topological polar surface area (TPSA) is 57.9 Å². The minimum atomic E-state index is -4.15. The zero-order chi connectivity index (χ0) is 16.3. The Labute approximate surface area is 134 Å². The monoisotopic (exact) mass is 383 g/mol. The molecule has 2 rings (SSSR count). The van der Waals surface area contributed by atoms with Gasteiger partial charge in [-0.2, -0.15) is 5.26 Å². The summed E-state index contributed by atoms with van der Waals surface area (Å²) < 4.78 is 52.6. The van der Waals surface area contributed by atoms with Gasteiger partial charge in [0.15, 0.2) is 0 Å². The van der Waals surface area contributed by atoms with Gasteiger partial charge in [-0.1, -0.05) is 22.0 Å². The summed E-state index contributed by atoms with van der Waals surface area (Å²) >= 11 is 3.17. The van der Waals surface area contributed by atoms with Crippen molar-refractivity contribution < 1.29 is 17.2 Å². The molecule has 7 heteroatoms. The Kier molecular flexibility index (Phi) is 4.74. The van der Waals surface area contributed by atoms with Crippen LogP contribution in [0.4, 0.5) is 8.78 Å². The predicted octanol–water partition coefficient (Wildman–Crippen LogP) is 4.07. The molecule has 0 bridgehead atoms. The summed E-state index contributed by atoms with van der Waals surface area (Å²) in [6.07, 6.45) is 0.696. The maximum absolute atomic E-state index is 13.6. The second kappa shape index (κ2) is 6.38. The van der Waals surface area contributed by atoms with E-state index in [9.17, 15) is 17.2 Å². The number of rotatable bonds is 3. The molecule has 0 fully saturated rings. The highest BCUT2D eigenvalue weighted by atomic mass is 79.9. The molecule has 22 heavy (non-hydrogen) atoms. The van der Waals surface area contributed by atoms with E-state index in [4.69, 9.17) is 5.26 Å². The Balaban J connectivity index is 2.59. The van der Waals surface area contributed by atoms with Crippen LogP contribution in [0.3, 0.4) is 0 Å². The molecule has 0 N–H and O–H groups in total. The maximum Gasteiger partial charge on any atom is 0.216 e. The number of benzene rings is 2. The number of hydrogen-bond acceptors (Lipinski definition) is 3. The number of nitriles is 1. The van der Waals surface area contributed by atoms with Gasteiger partial charge in [-0.25, -0.2) is 17.2 Å². The van der Waals surface area contributed by atoms with Gasteiger partial charge in [0.1, 0.15) is 22.6 Å². The minimum Gasteiger partial charge on any atom is -0.218 e. The smallest absolute Gasteiger partial charge is 0.216 e. The molecule has 0 atom stereocenters. The molecule has 0 saturated carbocycles. The van der Waals surface area contributed by atoms with Crippen LogP contribution in [0, 0.1) is 23.0 Å². The molecule has 112 valence electrons. The van der Waals surface area contributed by atoms with Crippen molar-refractivity contribution in [1.29, 1.82) is 5.26 Å². The van der Waals surface area contributed by atoms with E-state index in [2.05, 4.69) is 15.9 Å². The zero-order valence-corrected chi connectivity index (χ0v) is 13.3. The minimum absolute atomic E-state index is 0.139. The Morgan fingerprint density at radius 1 is 1.09 bits per heavy atom. The summed E-state index contributed by atoms with van der Waals surface area (Å²) in [5.41, 5.74) is -0.570. The third kappa shape index (κ3) is 3.24. The Morgan fingerprint density at radius 2 is 1.64 bits per heavy atom. The SMILES string of the molecule is N#CC(=Cc1c(F)cccc1F)S(=O)(=O)c1ccc(Br)cc1. The Morgan fingerprint density at radius 3 is 2.14 bits per heavy atom. The van der Waals surface area contributed by atoms with Crippen molar-refractivity contribution >= 4 is 31.8 Å². The van der Waals surface area contributed by atoms with Crippen molar-refractivity contribution in [3.05, 3.63) is 69.0 Å². The third-order valence-electron chi connectivity index (χ3n) is 2.80. The lowest BCUT2D eigenvalue weighted by molar-refractivity contribution is 0.578. The second-order valence-corrected chi connectivity index (χ2v) is 7.05. The molecule has 0 radical (unpaired) electrons. The van der Waals surface area contributed by atoms with Crippen LogP contribution in [-0.2, 0) is 9.84 Å². The lowest BCUT2D eigenvalue weighted by Gasteiger charge is -2.04. The van der Waals surface area contributed by atoms with Gasteiger partial charge >= 0.3 is 0 Å². The second-order valence-electron chi connectivity index (χ2n) is 4.21. The summed E-state index contributed by atoms with van der Waals surface area (Å²) in [5, 5.41) is 9.07. The van der Waals surface area contributed by atoms with E-state index in [1.165, 1.54) is 30.3 Å². The first-order valence-corrected chi connectivity index (χ1v) is 8.20. The number of halogens is 3. The molecule has 0 aliphatic rings. The van der Waals surface area contributed by atoms with Gasteiger partial charge in [0.2, 0.25) is 9.84 Å². The van der Waals surface area contributed by atoms with Crippen molar-refractivity contribution in [3.8, 4) is 6.07 Å². The van der Waals surface area contributed by atoms with Crippen LogP contribution in [0.15, 0.2) is 56.7 Å². The summed E-state index contributed by atoms with van der Waals surface area (Å²) in [5.74, 6) is -1.89. The first kappa shape index (κ1) is 16.3. The van der Waals surface area contributed by atoms with Crippen molar-refractivity contribution in [2.45, 2.75) is 4.90 Å². The molecule has 0 amide bonds. The van der Waals surface area contributed by atoms with Crippen molar-refractivity contribution in [1.82, 2.24) is 0 Å². The van der Waals surface area contributed by atoms with Crippen LogP contribution in [0.1, 0.15) is 5.56 Å². The highest BCUT2D eigenvalue weighted by molar-refractivity contribution is 9.10. The summed E-state index contributed by atoms with van der Waals surface area (Å²) in [7, 11) is -4.15. The van der Waals surface area contributed by atoms with Gasteiger partial charge in [0.05, 0.1) is 4.90 Å². The van der Waals surface area contributed by atoms with Gasteiger partial charge in [0, 0.05) is 10.0 Å². The van der Waals surface area contributed by atoms with E-state index in [1.54, 1.807) is 0 Å². The first-order valence-electron chi connectivity index (χ1n) is 5.92. The van der Waals surface area contributed by atoms with Crippen LogP contribution in [0.2, 0.25) is 0 Å². The van der Waals surface area contributed by atoms with Crippen molar-refractivity contribution in [2.24, 2.45) is 0 Å². The standard InChI is InChI=1S/C15H8BrF2NO2S/c16-10-4-6-11(7-5-10)22(20,21)12(9-19)8-13-14(17)2-1-3-15(13)18/h1-8H. The molecule has 0 aliphatic carbocycles. The van der Waals surface area contributed by atoms with Gasteiger partial charge < -0.3 is 0 Å². The molecule has 2 aromatic rings.